The number of hydrogen-bond acceptors (Lipinski definition) is 4. The van der Waals surface area contributed by atoms with Crippen LogP contribution in [0, 0.1) is 17.8 Å². The summed E-state index contributed by atoms with van der Waals surface area (Å²) in [6.07, 6.45) is 2.22. The number of alkyl carbamates (subject to hydrolysis) is 1. The molecular weight excluding hydrogens is 444 g/mol. The summed E-state index contributed by atoms with van der Waals surface area (Å²) in [4.78, 5) is 38.8. The van der Waals surface area contributed by atoms with Crippen LogP contribution in [0.25, 0.3) is 11.1 Å². The molecule has 7 nitrogen and oxygen atoms in total. The maximum absolute atomic E-state index is 12.9. The highest BCUT2D eigenvalue weighted by molar-refractivity contribution is 5.80. The number of nitrogens with zero attached hydrogens (tertiary/aromatic N) is 1. The molecule has 6 rings (SSSR count). The van der Waals surface area contributed by atoms with Crippen LogP contribution in [-0.4, -0.2) is 53.7 Å². The predicted molar refractivity (Wildman–Crippen MR) is 131 cm³/mol. The zero-order valence-electron chi connectivity index (χ0n) is 20.0. The highest BCUT2D eigenvalue weighted by Gasteiger charge is 2.45. The van der Waals surface area contributed by atoms with Crippen molar-refractivity contribution in [2.75, 3.05) is 19.7 Å². The van der Waals surface area contributed by atoms with E-state index in [-0.39, 0.29) is 42.7 Å². The maximum Gasteiger partial charge on any atom is 0.407 e. The molecule has 3 fully saturated rings. The molecule has 35 heavy (non-hydrogen) atoms. The normalized spacial score (nSPS) is 23.3. The zero-order valence-corrected chi connectivity index (χ0v) is 20.0. The van der Waals surface area contributed by atoms with Crippen LogP contribution < -0.4 is 5.32 Å². The van der Waals surface area contributed by atoms with Gasteiger partial charge in [-0.05, 0) is 53.4 Å². The molecule has 0 spiro atoms. The molecule has 2 heterocycles. The van der Waals surface area contributed by atoms with Crippen molar-refractivity contribution in [3.05, 3.63) is 59.7 Å². The van der Waals surface area contributed by atoms with Gasteiger partial charge in [-0.15, -0.1) is 0 Å². The predicted octanol–water partition coefficient (Wildman–Crippen LogP) is 4.26. The van der Waals surface area contributed by atoms with Gasteiger partial charge < -0.3 is 20.1 Å². The summed E-state index contributed by atoms with van der Waals surface area (Å²) in [5.74, 6) is -1.08. The number of hydrogen-bond donors (Lipinski definition) is 2. The maximum atomic E-state index is 12.9. The topological polar surface area (TPSA) is 95.9 Å². The van der Waals surface area contributed by atoms with E-state index in [0.29, 0.717) is 19.5 Å². The lowest BCUT2D eigenvalue weighted by atomic mass is 9.72. The van der Waals surface area contributed by atoms with E-state index in [2.05, 4.69) is 29.6 Å². The number of carboxylic acids is 1. The molecule has 2 bridgehead atoms. The lowest BCUT2D eigenvalue weighted by Gasteiger charge is -2.48. The monoisotopic (exact) mass is 476 g/mol. The fourth-order valence-electron chi connectivity index (χ4n) is 6.14. The summed E-state index contributed by atoms with van der Waals surface area (Å²) in [6, 6.07) is 16.2. The Morgan fingerprint density at radius 2 is 1.71 bits per heavy atom. The third-order valence-corrected chi connectivity index (χ3v) is 7.88. The van der Waals surface area contributed by atoms with Gasteiger partial charge in [-0.25, -0.2) is 4.79 Å². The van der Waals surface area contributed by atoms with Gasteiger partial charge in [0, 0.05) is 31.5 Å². The Balaban J connectivity index is 1.11. The van der Waals surface area contributed by atoms with E-state index < -0.39 is 18.0 Å². The zero-order chi connectivity index (χ0) is 24.5. The van der Waals surface area contributed by atoms with Crippen LogP contribution in [0.1, 0.15) is 49.7 Å². The van der Waals surface area contributed by atoms with E-state index in [1.165, 1.54) is 11.1 Å². The number of fused-ring (bicyclic) bond motifs is 6. The van der Waals surface area contributed by atoms with E-state index in [9.17, 15) is 19.5 Å². The molecular formula is C28H32N2O5. The minimum absolute atomic E-state index is 0.00357. The first-order valence-electron chi connectivity index (χ1n) is 12.5. The number of amides is 2. The Hall–Kier alpha value is -3.35. The van der Waals surface area contributed by atoms with Gasteiger partial charge in [-0.3, -0.25) is 9.59 Å². The molecule has 2 amide bonds. The Morgan fingerprint density at radius 3 is 2.34 bits per heavy atom. The number of nitrogens with one attached hydrogen (secondary N) is 1. The molecule has 2 aliphatic carbocycles. The van der Waals surface area contributed by atoms with Gasteiger partial charge in [0.15, 0.2) is 0 Å². The molecule has 2 aromatic rings. The molecule has 1 saturated carbocycles. The fraction of sp³-hybridized carbons (Fsp3) is 0.464. The molecule has 7 heteroatoms. The Morgan fingerprint density at radius 1 is 1.06 bits per heavy atom. The average Bonchev–Trinajstić information content (AvgIpc) is 3.20. The number of carboxylic acid groups (broad SMARTS) is 1. The van der Waals surface area contributed by atoms with Crippen LogP contribution in [0.15, 0.2) is 48.5 Å². The Bertz CT molecular complexity index is 1090. The van der Waals surface area contributed by atoms with Crippen molar-refractivity contribution in [1.82, 2.24) is 10.2 Å². The summed E-state index contributed by atoms with van der Waals surface area (Å²) >= 11 is 0. The number of aliphatic carboxylic acids is 1. The van der Waals surface area contributed by atoms with Gasteiger partial charge in [0.1, 0.15) is 6.61 Å². The van der Waals surface area contributed by atoms with Gasteiger partial charge in [0.25, 0.3) is 0 Å². The number of carbonyl (C=O) groups is 3. The highest BCUT2D eigenvalue weighted by atomic mass is 16.5. The van der Waals surface area contributed by atoms with Crippen molar-refractivity contribution >= 4 is 18.0 Å². The first-order valence-corrected chi connectivity index (χ1v) is 12.5. The third kappa shape index (κ3) is 4.64. The standard InChI is InChI=1S/C28H32N2O5/c1-17(12-26(31)30-15-18-10-11-25(30)23(13-18)27(32)33)14-29-28(34)35-16-24-21-8-4-2-6-19(21)20-7-3-5-9-22(20)24/h2-9,17-18,23-25H,10-16H2,1H3,(H,29,34)(H,32,33). The van der Waals surface area contributed by atoms with Gasteiger partial charge >= 0.3 is 12.1 Å². The molecule has 0 aromatic heterocycles. The molecule has 2 N–H and O–H groups in total. The summed E-state index contributed by atoms with van der Waals surface area (Å²) < 4.78 is 5.58. The number of piperidine rings is 2. The minimum atomic E-state index is -0.804. The van der Waals surface area contributed by atoms with Crippen LogP contribution in [0.4, 0.5) is 4.79 Å². The Kier molecular flexibility index (Phi) is 6.50. The highest BCUT2D eigenvalue weighted by Crippen LogP contribution is 2.44. The van der Waals surface area contributed by atoms with Crippen molar-refractivity contribution in [1.29, 1.82) is 0 Å². The van der Waals surface area contributed by atoms with Crippen molar-refractivity contribution in [3.63, 3.8) is 0 Å². The molecule has 0 radical (unpaired) electrons. The summed E-state index contributed by atoms with van der Waals surface area (Å²) in [7, 11) is 0. The van der Waals surface area contributed by atoms with Crippen molar-refractivity contribution in [3.8, 4) is 11.1 Å². The summed E-state index contributed by atoms with van der Waals surface area (Å²) in [6.45, 7) is 3.14. The second-order valence-electron chi connectivity index (χ2n) is 10.3. The van der Waals surface area contributed by atoms with Gasteiger partial charge in [-0.2, -0.15) is 0 Å². The van der Waals surface area contributed by atoms with Gasteiger partial charge in [0.05, 0.1) is 5.92 Å². The number of carbonyl (C=O) groups excluding carboxylic acids is 2. The van der Waals surface area contributed by atoms with E-state index >= 15 is 0 Å². The first-order chi connectivity index (χ1) is 16.9. The Labute approximate surface area is 205 Å². The number of benzene rings is 2. The number of ether oxygens (including phenoxy) is 1. The van der Waals surface area contributed by atoms with Crippen LogP contribution in [0.2, 0.25) is 0 Å². The molecule has 4 unspecified atom stereocenters. The SMILES string of the molecule is CC(CNC(=O)OCC1c2ccccc2-c2ccccc21)CC(=O)N1CC2CCC1C(C(=O)O)C2. The van der Waals surface area contributed by atoms with Crippen molar-refractivity contribution < 1.29 is 24.2 Å². The van der Waals surface area contributed by atoms with Crippen LogP contribution >= 0.6 is 0 Å². The smallest absolute Gasteiger partial charge is 0.407 e. The lowest BCUT2D eigenvalue weighted by molar-refractivity contribution is -0.156. The minimum Gasteiger partial charge on any atom is -0.481 e. The second-order valence-corrected chi connectivity index (χ2v) is 10.3. The van der Waals surface area contributed by atoms with Crippen LogP contribution in [0.5, 0.6) is 0 Å². The first kappa shape index (κ1) is 23.4. The lowest BCUT2D eigenvalue weighted by Crippen LogP contribution is -2.57. The van der Waals surface area contributed by atoms with E-state index in [1.807, 2.05) is 31.2 Å². The molecule has 4 aliphatic rings. The van der Waals surface area contributed by atoms with Crippen molar-refractivity contribution in [2.45, 2.75) is 44.6 Å². The summed E-state index contributed by atoms with van der Waals surface area (Å²) in [5.41, 5.74) is 4.69. The van der Waals surface area contributed by atoms with E-state index in [4.69, 9.17) is 4.74 Å². The second kappa shape index (κ2) is 9.72. The van der Waals surface area contributed by atoms with Gasteiger partial charge in [-0.1, -0.05) is 55.5 Å². The van der Waals surface area contributed by atoms with E-state index in [1.54, 1.807) is 4.90 Å². The third-order valence-electron chi connectivity index (χ3n) is 7.88. The van der Waals surface area contributed by atoms with Crippen molar-refractivity contribution in [2.24, 2.45) is 17.8 Å². The fourth-order valence-corrected chi connectivity index (χ4v) is 6.14. The quantitative estimate of drug-likeness (QED) is 0.622. The molecule has 4 atom stereocenters. The van der Waals surface area contributed by atoms with Crippen LogP contribution in [0.3, 0.4) is 0 Å². The van der Waals surface area contributed by atoms with E-state index in [0.717, 1.165) is 24.0 Å². The molecule has 184 valence electrons. The average molecular weight is 477 g/mol. The molecule has 2 saturated heterocycles. The number of rotatable bonds is 7. The largest absolute Gasteiger partial charge is 0.481 e. The summed E-state index contributed by atoms with van der Waals surface area (Å²) in [5, 5.41) is 12.3. The van der Waals surface area contributed by atoms with Crippen LogP contribution in [-0.2, 0) is 14.3 Å². The van der Waals surface area contributed by atoms with Gasteiger partial charge in [0.2, 0.25) is 5.91 Å². The molecule has 2 aromatic carbocycles. The molecule has 2 aliphatic heterocycles.